The molecule has 3 heterocycles. The predicted molar refractivity (Wildman–Crippen MR) is 82.7 cm³/mol. The van der Waals surface area contributed by atoms with Crippen LogP contribution >= 0.6 is 0 Å². The van der Waals surface area contributed by atoms with Gasteiger partial charge in [-0.2, -0.15) is 5.26 Å². The normalized spacial score (nSPS) is 11.0. The molecule has 0 spiro atoms. The maximum atomic E-state index is 9.20. The van der Waals surface area contributed by atoms with Crippen LogP contribution < -0.4 is 0 Å². The van der Waals surface area contributed by atoms with Crippen molar-refractivity contribution in [3.63, 3.8) is 0 Å². The smallest absolute Gasteiger partial charge is 0.139 e. The van der Waals surface area contributed by atoms with E-state index >= 15 is 0 Å². The van der Waals surface area contributed by atoms with Crippen LogP contribution in [0.2, 0.25) is 0 Å². The average molecular weight is 272 g/mol. The van der Waals surface area contributed by atoms with E-state index in [9.17, 15) is 5.26 Å². The molecule has 4 aromatic rings. The fourth-order valence-electron chi connectivity index (χ4n) is 2.83. The minimum Gasteiger partial charge on any atom is -0.350 e. The van der Waals surface area contributed by atoms with E-state index in [0.717, 1.165) is 22.3 Å². The number of aryl methyl sites for hydroxylation is 1. The molecule has 0 fully saturated rings. The molecule has 0 aliphatic heterocycles. The Balaban J connectivity index is 2.03. The molecule has 0 bridgehead atoms. The summed E-state index contributed by atoms with van der Waals surface area (Å²) in [7, 11) is 2.04. The average Bonchev–Trinajstić information content (AvgIpc) is 3.08. The van der Waals surface area contributed by atoms with E-state index in [1.165, 1.54) is 10.9 Å². The third-order valence-corrected chi connectivity index (χ3v) is 3.84. The molecule has 0 aliphatic carbocycles. The van der Waals surface area contributed by atoms with Crippen LogP contribution in [0.4, 0.5) is 0 Å². The molecule has 0 saturated heterocycles. The first-order valence-electron chi connectivity index (χ1n) is 6.70. The zero-order valence-electron chi connectivity index (χ0n) is 11.5. The van der Waals surface area contributed by atoms with Crippen LogP contribution in [0, 0.1) is 11.3 Å². The van der Waals surface area contributed by atoms with E-state index in [1.54, 1.807) is 12.3 Å². The summed E-state index contributed by atoms with van der Waals surface area (Å²) in [6.45, 7) is 0. The molecule has 0 radical (unpaired) electrons. The van der Waals surface area contributed by atoms with Gasteiger partial charge in [0.05, 0.1) is 11.6 Å². The van der Waals surface area contributed by atoms with Gasteiger partial charge in [-0.1, -0.05) is 18.2 Å². The molecule has 0 atom stereocenters. The highest BCUT2D eigenvalue weighted by Gasteiger charge is 2.12. The summed E-state index contributed by atoms with van der Waals surface area (Å²) in [4.78, 5) is 7.63. The SMILES string of the molecule is Cn1cc(-c2cc3c(C#N)ccnc3[nH]2)c2ccccc21. The molecule has 0 saturated carbocycles. The second-order valence-electron chi connectivity index (χ2n) is 5.09. The fraction of sp³-hybridized carbons (Fsp3) is 0.0588. The van der Waals surface area contributed by atoms with Crippen molar-refractivity contribution in [2.45, 2.75) is 0 Å². The van der Waals surface area contributed by atoms with Gasteiger partial charge in [0.1, 0.15) is 5.65 Å². The summed E-state index contributed by atoms with van der Waals surface area (Å²) in [5.41, 5.74) is 4.67. The number of hydrogen-bond donors (Lipinski definition) is 1. The molecule has 0 aliphatic rings. The van der Waals surface area contributed by atoms with E-state index in [0.29, 0.717) is 5.56 Å². The van der Waals surface area contributed by atoms with Crippen LogP contribution in [0.25, 0.3) is 33.2 Å². The van der Waals surface area contributed by atoms with Gasteiger partial charge in [-0.25, -0.2) is 4.98 Å². The molecule has 0 unspecified atom stereocenters. The molecule has 100 valence electrons. The maximum Gasteiger partial charge on any atom is 0.139 e. The molecule has 21 heavy (non-hydrogen) atoms. The van der Waals surface area contributed by atoms with Crippen LogP contribution in [0.1, 0.15) is 5.56 Å². The van der Waals surface area contributed by atoms with Crippen molar-refractivity contribution in [2.75, 3.05) is 0 Å². The van der Waals surface area contributed by atoms with Crippen molar-refractivity contribution in [3.05, 3.63) is 54.4 Å². The number of hydrogen-bond acceptors (Lipinski definition) is 2. The van der Waals surface area contributed by atoms with Gasteiger partial charge in [0.25, 0.3) is 0 Å². The number of para-hydroxylation sites is 1. The van der Waals surface area contributed by atoms with E-state index in [2.05, 4.69) is 38.9 Å². The molecule has 3 aromatic heterocycles. The number of rotatable bonds is 1. The standard InChI is InChI=1S/C17H12N4/c1-21-10-14(12-4-2-3-5-16(12)21)15-8-13-11(9-18)6-7-19-17(13)20-15/h2-8,10H,1H3,(H,19,20). The topological polar surface area (TPSA) is 57.4 Å². The van der Waals surface area contributed by atoms with E-state index in [-0.39, 0.29) is 0 Å². The van der Waals surface area contributed by atoms with Gasteiger partial charge in [0.15, 0.2) is 0 Å². The van der Waals surface area contributed by atoms with Crippen molar-refractivity contribution < 1.29 is 0 Å². The first-order chi connectivity index (χ1) is 10.3. The van der Waals surface area contributed by atoms with Crippen molar-refractivity contribution in [1.29, 1.82) is 5.26 Å². The van der Waals surface area contributed by atoms with Crippen molar-refractivity contribution in [3.8, 4) is 17.3 Å². The first-order valence-corrected chi connectivity index (χ1v) is 6.70. The summed E-state index contributed by atoms with van der Waals surface area (Å²) < 4.78 is 2.11. The highest BCUT2D eigenvalue weighted by Crippen LogP contribution is 2.31. The van der Waals surface area contributed by atoms with Gasteiger partial charge in [-0.3, -0.25) is 0 Å². The summed E-state index contributed by atoms with van der Waals surface area (Å²) in [5.74, 6) is 0. The lowest BCUT2D eigenvalue weighted by Gasteiger charge is -1.94. The number of aromatic amines is 1. The van der Waals surface area contributed by atoms with E-state index in [4.69, 9.17) is 0 Å². The summed E-state index contributed by atoms with van der Waals surface area (Å²) >= 11 is 0. The Hall–Kier alpha value is -3.06. The Morgan fingerprint density at radius 2 is 2.05 bits per heavy atom. The third-order valence-electron chi connectivity index (χ3n) is 3.84. The highest BCUT2D eigenvalue weighted by atomic mass is 14.9. The second-order valence-corrected chi connectivity index (χ2v) is 5.09. The first kappa shape index (κ1) is 11.7. The lowest BCUT2D eigenvalue weighted by molar-refractivity contribution is 0.970. The number of benzene rings is 1. The Morgan fingerprint density at radius 1 is 1.19 bits per heavy atom. The fourth-order valence-corrected chi connectivity index (χ4v) is 2.83. The minimum absolute atomic E-state index is 0.641. The number of fused-ring (bicyclic) bond motifs is 2. The predicted octanol–water partition coefficient (Wildman–Crippen LogP) is 3.59. The number of nitrogens with one attached hydrogen (secondary N) is 1. The molecule has 4 nitrogen and oxygen atoms in total. The van der Waals surface area contributed by atoms with Crippen LogP contribution in [0.5, 0.6) is 0 Å². The monoisotopic (exact) mass is 272 g/mol. The van der Waals surface area contributed by atoms with Crippen molar-refractivity contribution >= 4 is 21.9 Å². The summed E-state index contributed by atoms with van der Waals surface area (Å²) in [6, 6.07) is 14.2. The zero-order chi connectivity index (χ0) is 14.4. The second kappa shape index (κ2) is 4.22. The Bertz CT molecular complexity index is 1010. The lowest BCUT2D eigenvalue weighted by atomic mass is 10.1. The Morgan fingerprint density at radius 3 is 2.90 bits per heavy atom. The third kappa shape index (κ3) is 1.65. The highest BCUT2D eigenvalue weighted by molar-refractivity contribution is 5.98. The van der Waals surface area contributed by atoms with E-state index in [1.807, 2.05) is 25.2 Å². The van der Waals surface area contributed by atoms with Gasteiger partial charge in [0, 0.05) is 47.0 Å². The number of pyridine rings is 1. The van der Waals surface area contributed by atoms with Crippen molar-refractivity contribution in [1.82, 2.24) is 14.5 Å². The maximum absolute atomic E-state index is 9.20. The van der Waals surface area contributed by atoms with Crippen LogP contribution in [-0.2, 0) is 7.05 Å². The molecule has 4 heteroatoms. The quantitative estimate of drug-likeness (QED) is 0.575. The molecule has 1 N–H and O–H groups in total. The van der Waals surface area contributed by atoms with Crippen LogP contribution in [0.15, 0.2) is 48.8 Å². The largest absolute Gasteiger partial charge is 0.350 e. The number of nitrogens with zero attached hydrogens (tertiary/aromatic N) is 3. The summed E-state index contributed by atoms with van der Waals surface area (Å²) in [5, 5.41) is 11.2. The molecular formula is C17H12N4. The number of nitriles is 1. The molecule has 1 aromatic carbocycles. The summed E-state index contributed by atoms with van der Waals surface area (Å²) in [6.07, 6.45) is 3.76. The lowest BCUT2D eigenvalue weighted by Crippen LogP contribution is -1.81. The van der Waals surface area contributed by atoms with Gasteiger partial charge in [-0.15, -0.1) is 0 Å². The minimum atomic E-state index is 0.641. The number of aromatic nitrogens is 3. The van der Waals surface area contributed by atoms with Crippen LogP contribution in [0.3, 0.4) is 0 Å². The molecule has 4 rings (SSSR count). The van der Waals surface area contributed by atoms with Gasteiger partial charge in [-0.05, 0) is 18.2 Å². The Labute approximate surface area is 121 Å². The number of H-pyrrole nitrogens is 1. The molecular weight excluding hydrogens is 260 g/mol. The zero-order valence-corrected chi connectivity index (χ0v) is 11.5. The van der Waals surface area contributed by atoms with Crippen LogP contribution in [-0.4, -0.2) is 14.5 Å². The van der Waals surface area contributed by atoms with Gasteiger partial charge in [0.2, 0.25) is 0 Å². The van der Waals surface area contributed by atoms with E-state index < -0.39 is 0 Å². The Kier molecular flexibility index (Phi) is 2.36. The van der Waals surface area contributed by atoms with Crippen molar-refractivity contribution in [2.24, 2.45) is 7.05 Å². The molecule has 0 amide bonds. The van der Waals surface area contributed by atoms with Gasteiger partial charge >= 0.3 is 0 Å². The van der Waals surface area contributed by atoms with Gasteiger partial charge < -0.3 is 9.55 Å².